The number of unbranched alkanes of at least 4 members (excludes halogenated alkanes) is 1. The third kappa shape index (κ3) is 1.87. The van der Waals surface area contributed by atoms with Crippen LogP contribution < -0.4 is 5.43 Å². The zero-order chi connectivity index (χ0) is 7.40. The van der Waals surface area contributed by atoms with Crippen LogP contribution in [0.2, 0.25) is 0 Å². The van der Waals surface area contributed by atoms with Gasteiger partial charge in [-0.15, -0.1) is 0 Å². The zero-order valence-corrected chi connectivity index (χ0v) is 7.69. The standard InChI is InChI=1S/C6H12BrN3/c1-2-3-4-10-5-8-9-6(10)7/h8H,2-5H2,1H3. The van der Waals surface area contributed by atoms with Gasteiger partial charge in [0.25, 0.3) is 0 Å². The lowest BCUT2D eigenvalue weighted by Crippen LogP contribution is -2.27. The molecule has 0 aromatic heterocycles. The molecule has 1 rings (SSSR count). The van der Waals surface area contributed by atoms with Crippen molar-refractivity contribution >= 4 is 20.7 Å². The summed E-state index contributed by atoms with van der Waals surface area (Å²) >= 11 is 3.35. The number of hydrogen-bond acceptors (Lipinski definition) is 3. The van der Waals surface area contributed by atoms with Crippen LogP contribution >= 0.6 is 15.9 Å². The molecule has 0 unspecified atom stereocenters. The van der Waals surface area contributed by atoms with Crippen LogP contribution in [0.1, 0.15) is 19.8 Å². The Kier molecular flexibility index (Phi) is 2.99. The topological polar surface area (TPSA) is 27.6 Å². The van der Waals surface area contributed by atoms with Gasteiger partial charge in [0.15, 0.2) is 4.74 Å². The Morgan fingerprint density at radius 2 is 2.60 bits per heavy atom. The lowest BCUT2D eigenvalue weighted by molar-refractivity contribution is 0.420. The molecule has 58 valence electrons. The van der Waals surface area contributed by atoms with E-state index in [2.05, 4.69) is 38.3 Å². The van der Waals surface area contributed by atoms with Crippen molar-refractivity contribution in [3.8, 4) is 0 Å². The zero-order valence-electron chi connectivity index (χ0n) is 6.10. The average molecular weight is 206 g/mol. The highest BCUT2D eigenvalue weighted by atomic mass is 79.9. The number of rotatable bonds is 3. The second-order valence-corrected chi connectivity index (χ2v) is 3.02. The van der Waals surface area contributed by atoms with Crippen LogP contribution in [0.25, 0.3) is 0 Å². The molecule has 0 radical (unpaired) electrons. The molecule has 0 atom stereocenters. The third-order valence-corrected chi connectivity index (χ3v) is 2.15. The molecule has 1 N–H and O–H groups in total. The molecule has 0 amide bonds. The first-order valence-electron chi connectivity index (χ1n) is 3.55. The quantitative estimate of drug-likeness (QED) is 0.705. The van der Waals surface area contributed by atoms with Crippen LogP contribution in [0.3, 0.4) is 0 Å². The van der Waals surface area contributed by atoms with Gasteiger partial charge < -0.3 is 4.90 Å². The van der Waals surface area contributed by atoms with Crippen LogP contribution in [-0.2, 0) is 0 Å². The molecule has 0 aliphatic carbocycles. The molecule has 0 aromatic carbocycles. The number of amidine groups is 1. The highest BCUT2D eigenvalue weighted by Gasteiger charge is 2.11. The Balaban J connectivity index is 2.22. The molecule has 0 bridgehead atoms. The van der Waals surface area contributed by atoms with Crippen LogP contribution in [0, 0.1) is 0 Å². The SMILES string of the molecule is CCCCN1CNN=C1Br. The fourth-order valence-corrected chi connectivity index (χ4v) is 1.27. The molecular formula is C6H12BrN3. The minimum atomic E-state index is 0.848. The third-order valence-electron chi connectivity index (χ3n) is 1.48. The summed E-state index contributed by atoms with van der Waals surface area (Å²) in [6.07, 6.45) is 2.46. The second kappa shape index (κ2) is 3.81. The second-order valence-electron chi connectivity index (χ2n) is 2.31. The Bertz CT molecular complexity index is 135. The molecule has 0 aromatic rings. The lowest BCUT2D eigenvalue weighted by Gasteiger charge is -2.13. The van der Waals surface area contributed by atoms with Gasteiger partial charge in [-0.1, -0.05) is 13.3 Å². The minimum absolute atomic E-state index is 0.848. The number of hydrogen-bond donors (Lipinski definition) is 1. The van der Waals surface area contributed by atoms with E-state index >= 15 is 0 Å². The maximum absolute atomic E-state index is 3.98. The normalized spacial score (nSPS) is 17.0. The van der Waals surface area contributed by atoms with Crippen molar-refractivity contribution < 1.29 is 0 Å². The summed E-state index contributed by atoms with van der Waals surface area (Å²) in [4.78, 5) is 2.17. The van der Waals surface area contributed by atoms with Crippen molar-refractivity contribution in [1.82, 2.24) is 10.3 Å². The van der Waals surface area contributed by atoms with Crippen LogP contribution in [0.15, 0.2) is 5.10 Å². The molecule has 0 fully saturated rings. The lowest BCUT2D eigenvalue weighted by atomic mass is 10.3. The van der Waals surface area contributed by atoms with Gasteiger partial charge in [-0.3, -0.25) is 5.43 Å². The summed E-state index contributed by atoms with van der Waals surface area (Å²) < 4.78 is 0.931. The van der Waals surface area contributed by atoms with E-state index in [-0.39, 0.29) is 0 Å². The van der Waals surface area contributed by atoms with Crippen LogP contribution in [-0.4, -0.2) is 22.9 Å². The molecule has 0 saturated carbocycles. The number of nitrogens with one attached hydrogen (secondary N) is 1. The van der Waals surface area contributed by atoms with E-state index in [0.29, 0.717) is 0 Å². The molecule has 3 nitrogen and oxygen atoms in total. The van der Waals surface area contributed by atoms with Gasteiger partial charge in [0.1, 0.15) is 6.67 Å². The molecule has 4 heteroatoms. The fraction of sp³-hybridized carbons (Fsp3) is 0.833. The van der Waals surface area contributed by atoms with E-state index in [1.165, 1.54) is 12.8 Å². The summed E-state index contributed by atoms with van der Waals surface area (Å²) in [5.74, 6) is 0. The summed E-state index contributed by atoms with van der Waals surface area (Å²) in [6.45, 7) is 4.13. The summed E-state index contributed by atoms with van der Waals surface area (Å²) in [6, 6.07) is 0. The van der Waals surface area contributed by atoms with Crippen molar-refractivity contribution in [2.45, 2.75) is 19.8 Å². The molecule has 0 saturated heterocycles. The van der Waals surface area contributed by atoms with Crippen molar-refractivity contribution in [2.75, 3.05) is 13.2 Å². The van der Waals surface area contributed by atoms with Gasteiger partial charge in [-0.05, 0) is 22.4 Å². The average Bonchev–Trinajstić information content (AvgIpc) is 2.31. The maximum Gasteiger partial charge on any atom is 0.193 e. The van der Waals surface area contributed by atoms with E-state index in [0.717, 1.165) is 18.0 Å². The largest absolute Gasteiger partial charge is 0.330 e. The molecule has 10 heavy (non-hydrogen) atoms. The van der Waals surface area contributed by atoms with Crippen molar-refractivity contribution in [1.29, 1.82) is 0 Å². The maximum atomic E-state index is 3.98. The predicted octanol–water partition coefficient (Wildman–Crippen LogP) is 1.32. The molecule has 1 aliphatic rings. The smallest absolute Gasteiger partial charge is 0.193 e. The number of halogens is 1. The Morgan fingerprint density at radius 3 is 3.10 bits per heavy atom. The van der Waals surface area contributed by atoms with Crippen LogP contribution in [0.4, 0.5) is 0 Å². The molecule has 1 heterocycles. The molecule has 1 aliphatic heterocycles. The van der Waals surface area contributed by atoms with Crippen LogP contribution in [0.5, 0.6) is 0 Å². The molecule has 0 spiro atoms. The van der Waals surface area contributed by atoms with E-state index in [4.69, 9.17) is 0 Å². The van der Waals surface area contributed by atoms with Gasteiger partial charge in [0.2, 0.25) is 0 Å². The van der Waals surface area contributed by atoms with E-state index in [9.17, 15) is 0 Å². The first kappa shape index (κ1) is 7.85. The fourth-order valence-electron chi connectivity index (χ4n) is 0.842. The monoisotopic (exact) mass is 205 g/mol. The van der Waals surface area contributed by atoms with Gasteiger partial charge in [0, 0.05) is 6.54 Å². The van der Waals surface area contributed by atoms with Crippen molar-refractivity contribution in [3.63, 3.8) is 0 Å². The number of nitrogens with zero attached hydrogens (tertiary/aromatic N) is 2. The first-order valence-corrected chi connectivity index (χ1v) is 4.35. The summed E-state index contributed by atoms with van der Waals surface area (Å²) in [7, 11) is 0. The predicted molar refractivity (Wildman–Crippen MR) is 46.0 cm³/mol. The minimum Gasteiger partial charge on any atom is -0.330 e. The summed E-state index contributed by atoms with van der Waals surface area (Å²) in [5, 5.41) is 3.98. The van der Waals surface area contributed by atoms with Crippen molar-refractivity contribution in [2.24, 2.45) is 5.10 Å². The highest BCUT2D eigenvalue weighted by Crippen LogP contribution is 2.04. The van der Waals surface area contributed by atoms with E-state index < -0.39 is 0 Å². The van der Waals surface area contributed by atoms with Gasteiger partial charge in [0.05, 0.1) is 0 Å². The Labute approximate surface area is 69.6 Å². The Morgan fingerprint density at radius 1 is 1.80 bits per heavy atom. The van der Waals surface area contributed by atoms with Gasteiger partial charge in [-0.25, -0.2) is 0 Å². The first-order chi connectivity index (χ1) is 4.84. The Hall–Kier alpha value is -0.250. The van der Waals surface area contributed by atoms with Crippen molar-refractivity contribution in [3.05, 3.63) is 0 Å². The van der Waals surface area contributed by atoms with Gasteiger partial charge in [-0.2, -0.15) is 5.10 Å². The highest BCUT2D eigenvalue weighted by molar-refractivity contribution is 9.18. The van der Waals surface area contributed by atoms with Gasteiger partial charge >= 0.3 is 0 Å². The number of hydrazone groups is 1. The van der Waals surface area contributed by atoms with E-state index in [1.54, 1.807) is 0 Å². The van der Waals surface area contributed by atoms with E-state index in [1.807, 2.05) is 0 Å². The molecular weight excluding hydrogens is 194 g/mol. The summed E-state index contributed by atoms with van der Waals surface area (Å²) in [5.41, 5.74) is 2.90.